The summed E-state index contributed by atoms with van der Waals surface area (Å²) >= 11 is 0. The van der Waals surface area contributed by atoms with Crippen LogP contribution < -0.4 is 11.1 Å². The average molecular weight is 429 g/mol. The highest BCUT2D eigenvalue weighted by Gasteiger charge is 2.02. The number of nitrogens with two attached hydrogens (primary N) is 1. The largest absolute Gasteiger partial charge is 0.383 e. The van der Waals surface area contributed by atoms with E-state index in [1.807, 2.05) is 54.3 Å². The zero-order chi connectivity index (χ0) is 15.8. The molecule has 0 aliphatic heterocycles. The number of aliphatic imine (C=N–C) groups is 1. The van der Waals surface area contributed by atoms with Crippen LogP contribution in [0.25, 0.3) is 5.69 Å². The van der Waals surface area contributed by atoms with Gasteiger partial charge in [-0.3, -0.25) is 4.99 Å². The molecule has 3 N–H and O–H groups in total. The maximum absolute atomic E-state index is 5.83. The summed E-state index contributed by atoms with van der Waals surface area (Å²) in [6.45, 7) is 3.22. The van der Waals surface area contributed by atoms with E-state index in [9.17, 15) is 0 Å². The Morgan fingerprint density at radius 1 is 1.39 bits per heavy atom. The van der Waals surface area contributed by atoms with Gasteiger partial charge in [0.25, 0.3) is 0 Å². The Balaban J connectivity index is 0.00000264. The Labute approximate surface area is 154 Å². The van der Waals surface area contributed by atoms with Crippen LogP contribution >= 0.6 is 24.0 Å². The van der Waals surface area contributed by atoms with Gasteiger partial charge in [0, 0.05) is 25.9 Å². The van der Waals surface area contributed by atoms with Crippen molar-refractivity contribution in [2.75, 3.05) is 20.3 Å². The molecule has 1 aromatic carbocycles. The van der Waals surface area contributed by atoms with E-state index < -0.39 is 0 Å². The lowest BCUT2D eigenvalue weighted by Gasteiger charge is -2.12. The molecule has 2 aromatic rings. The van der Waals surface area contributed by atoms with Crippen LogP contribution in [-0.2, 0) is 11.2 Å². The normalized spacial score (nSPS) is 12.5. The molecule has 0 amide bonds. The van der Waals surface area contributed by atoms with Gasteiger partial charge in [0.15, 0.2) is 5.96 Å². The Kier molecular flexibility index (Phi) is 8.64. The SMILES string of the molecule is COCC(C)NC(N)=NCCc1cnn(-c2ccccc2)c1.I. The first-order valence-corrected chi connectivity index (χ1v) is 7.33. The second-order valence-corrected chi connectivity index (χ2v) is 5.15. The lowest BCUT2D eigenvalue weighted by atomic mass is 10.2. The zero-order valence-corrected chi connectivity index (χ0v) is 15.8. The molecule has 0 aliphatic carbocycles. The summed E-state index contributed by atoms with van der Waals surface area (Å²) in [5, 5.41) is 7.44. The highest BCUT2D eigenvalue weighted by molar-refractivity contribution is 14.0. The van der Waals surface area contributed by atoms with E-state index in [0.29, 0.717) is 19.1 Å². The third kappa shape index (κ3) is 6.57. The Morgan fingerprint density at radius 3 is 2.83 bits per heavy atom. The van der Waals surface area contributed by atoms with Gasteiger partial charge in [-0.15, -0.1) is 24.0 Å². The van der Waals surface area contributed by atoms with E-state index in [1.54, 1.807) is 7.11 Å². The van der Waals surface area contributed by atoms with Crippen LogP contribution in [0.3, 0.4) is 0 Å². The second kappa shape index (κ2) is 10.2. The fourth-order valence-electron chi connectivity index (χ4n) is 2.11. The summed E-state index contributed by atoms with van der Waals surface area (Å²) in [5.41, 5.74) is 8.01. The topological polar surface area (TPSA) is 77.5 Å². The first-order valence-electron chi connectivity index (χ1n) is 7.33. The molecular weight excluding hydrogens is 405 g/mol. The van der Waals surface area contributed by atoms with E-state index in [4.69, 9.17) is 10.5 Å². The zero-order valence-electron chi connectivity index (χ0n) is 13.5. The van der Waals surface area contributed by atoms with Gasteiger partial charge < -0.3 is 15.8 Å². The number of halogens is 1. The smallest absolute Gasteiger partial charge is 0.188 e. The van der Waals surface area contributed by atoms with Crippen molar-refractivity contribution in [2.45, 2.75) is 19.4 Å². The van der Waals surface area contributed by atoms with Gasteiger partial charge in [-0.1, -0.05) is 18.2 Å². The Bertz CT molecular complexity index is 600. The average Bonchev–Trinajstić information content (AvgIpc) is 2.97. The molecule has 0 saturated heterocycles. The van der Waals surface area contributed by atoms with Crippen LogP contribution in [-0.4, -0.2) is 42.0 Å². The van der Waals surface area contributed by atoms with Gasteiger partial charge in [0.05, 0.1) is 18.5 Å². The Hall–Kier alpha value is -1.61. The van der Waals surface area contributed by atoms with Gasteiger partial charge in [-0.25, -0.2) is 4.68 Å². The van der Waals surface area contributed by atoms with Crippen molar-refractivity contribution in [1.82, 2.24) is 15.1 Å². The molecule has 2 rings (SSSR count). The molecule has 6 nitrogen and oxygen atoms in total. The number of nitrogens with one attached hydrogen (secondary N) is 1. The first kappa shape index (κ1) is 19.4. The number of hydrogen-bond donors (Lipinski definition) is 2. The van der Waals surface area contributed by atoms with Crippen LogP contribution in [0.15, 0.2) is 47.7 Å². The number of ether oxygens (including phenoxy) is 1. The number of methoxy groups -OCH3 is 1. The van der Waals surface area contributed by atoms with E-state index in [1.165, 1.54) is 0 Å². The van der Waals surface area contributed by atoms with Crippen molar-refractivity contribution in [2.24, 2.45) is 10.7 Å². The predicted molar refractivity (Wildman–Crippen MR) is 104 cm³/mol. The third-order valence-corrected chi connectivity index (χ3v) is 3.15. The summed E-state index contributed by atoms with van der Waals surface area (Å²) in [6.07, 6.45) is 4.68. The molecule has 1 atom stereocenters. The fraction of sp³-hybridized carbons (Fsp3) is 0.375. The van der Waals surface area contributed by atoms with Crippen molar-refractivity contribution in [3.63, 3.8) is 0 Å². The van der Waals surface area contributed by atoms with Gasteiger partial charge in [0.2, 0.25) is 0 Å². The molecule has 1 unspecified atom stereocenters. The van der Waals surface area contributed by atoms with Crippen LogP contribution in [0.2, 0.25) is 0 Å². The molecule has 7 heteroatoms. The number of nitrogens with zero attached hydrogens (tertiary/aromatic N) is 3. The molecule has 0 radical (unpaired) electrons. The van der Waals surface area contributed by atoms with Crippen molar-refractivity contribution in [3.8, 4) is 5.69 Å². The van der Waals surface area contributed by atoms with Gasteiger partial charge >= 0.3 is 0 Å². The van der Waals surface area contributed by atoms with Gasteiger partial charge in [0.1, 0.15) is 0 Å². The van der Waals surface area contributed by atoms with E-state index >= 15 is 0 Å². The van der Waals surface area contributed by atoms with Crippen molar-refractivity contribution < 1.29 is 4.74 Å². The van der Waals surface area contributed by atoms with Gasteiger partial charge in [-0.05, 0) is 31.0 Å². The van der Waals surface area contributed by atoms with Crippen LogP contribution in [0.5, 0.6) is 0 Å². The molecule has 1 aromatic heterocycles. The Morgan fingerprint density at radius 2 is 2.13 bits per heavy atom. The number of rotatable bonds is 7. The van der Waals surface area contributed by atoms with Crippen LogP contribution in [0.4, 0.5) is 0 Å². The van der Waals surface area contributed by atoms with Crippen LogP contribution in [0, 0.1) is 0 Å². The maximum atomic E-state index is 5.83. The summed E-state index contributed by atoms with van der Waals surface area (Å²) in [4.78, 5) is 4.31. The number of guanidine groups is 1. The molecule has 0 bridgehead atoms. The molecule has 23 heavy (non-hydrogen) atoms. The molecule has 1 heterocycles. The van der Waals surface area contributed by atoms with Crippen molar-refractivity contribution >= 4 is 29.9 Å². The second-order valence-electron chi connectivity index (χ2n) is 5.15. The summed E-state index contributed by atoms with van der Waals surface area (Å²) in [7, 11) is 1.66. The third-order valence-electron chi connectivity index (χ3n) is 3.15. The number of hydrogen-bond acceptors (Lipinski definition) is 3. The van der Waals surface area contributed by atoms with Crippen LogP contribution in [0.1, 0.15) is 12.5 Å². The highest BCUT2D eigenvalue weighted by Crippen LogP contribution is 2.08. The number of para-hydroxylation sites is 1. The molecule has 0 aliphatic rings. The van der Waals surface area contributed by atoms with Crippen molar-refractivity contribution in [3.05, 3.63) is 48.3 Å². The summed E-state index contributed by atoms with van der Waals surface area (Å²) in [5.74, 6) is 0.444. The van der Waals surface area contributed by atoms with Crippen molar-refractivity contribution in [1.29, 1.82) is 0 Å². The molecule has 126 valence electrons. The number of benzene rings is 1. The minimum absolute atomic E-state index is 0. The minimum atomic E-state index is 0. The lowest BCUT2D eigenvalue weighted by molar-refractivity contribution is 0.179. The molecule has 0 saturated carbocycles. The van der Waals surface area contributed by atoms with E-state index in [0.717, 1.165) is 17.7 Å². The number of aromatic nitrogens is 2. The maximum Gasteiger partial charge on any atom is 0.188 e. The molecule has 0 spiro atoms. The molecule has 0 fully saturated rings. The van der Waals surface area contributed by atoms with E-state index in [-0.39, 0.29) is 30.0 Å². The highest BCUT2D eigenvalue weighted by atomic mass is 127. The standard InChI is InChI=1S/C16H23N5O.HI/c1-13(12-22-2)20-16(17)18-9-8-14-10-19-21(11-14)15-6-4-3-5-7-15;/h3-7,10-11,13H,8-9,12H2,1-2H3,(H3,17,18,20);1H. The van der Waals surface area contributed by atoms with E-state index in [2.05, 4.69) is 15.4 Å². The lowest BCUT2D eigenvalue weighted by Crippen LogP contribution is -2.40. The van der Waals surface area contributed by atoms with Gasteiger partial charge in [-0.2, -0.15) is 5.10 Å². The minimum Gasteiger partial charge on any atom is -0.383 e. The summed E-state index contributed by atoms with van der Waals surface area (Å²) < 4.78 is 6.90. The fourth-order valence-corrected chi connectivity index (χ4v) is 2.11. The molecular formula is C16H24IN5O. The predicted octanol–water partition coefficient (Wildman–Crippen LogP) is 1.97. The monoisotopic (exact) mass is 429 g/mol. The first-order chi connectivity index (χ1) is 10.7. The summed E-state index contributed by atoms with van der Waals surface area (Å²) in [6, 6.07) is 10.2. The quantitative estimate of drug-likeness (QED) is 0.401.